The van der Waals surface area contributed by atoms with E-state index in [1.807, 2.05) is 6.07 Å². The van der Waals surface area contributed by atoms with Gasteiger partial charge in [-0.05, 0) is 35.9 Å². The van der Waals surface area contributed by atoms with Gasteiger partial charge in [-0.3, -0.25) is 4.79 Å². The summed E-state index contributed by atoms with van der Waals surface area (Å²) >= 11 is 0. The van der Waals surface area contributed by atoms with Crippen molar-refractivity contribution in [2.24, 2.45) is 5.73 Å². The molecule has 2 aromatic rings. The molecular weight excluding hydrogens is 247 g/mol. The van der Waals surface area contributed by atoms with Crippen LogP contribution in [0.25, 0.3) is 0 Å². The van der Waals surface area contributed by atoms with E-state index in [0.717, 1.165) is 23.8 Å². The number of anilines is 1. The normalized spacial score (nSPS) is 10.2. The smallest absolute Gasteiger partial charge is 0.259 e. The van der Waals surface area contributed by atoms with Crippen molar-refractivity contribution in [1.82, 2.24) is 0 Å². The summed E-state index contributed by atoms with van der Waals surface area (Å²) in [5.41, 5.74) is 6.79. The van der Waals surface area contributed by atoms with Crippen LogP contribution in [0.15, 0.2) is 42.5 Å². The minimum Gasteiger partial charge on any atom is -0.507 e. The molecule has 0 aromatic heterocycles. The predicted molar refractivity (Wildman–Crippen MR) is 70.4 cm³/mol. The van der Waals surface area contributed by atoms with Gasteiger partial charge >= 0.3 is 0 Å². The lowest BCUT2D eigenvalue weighted by atomic mass is 10.1. The fraction of sp³-hybridized carbons (Fsp3) is 0.0714. The highest BCUT2D eigenvalue weighted by Gasteiger charge is 2.12. The number of halogens is 1. The van der Waals surface area contributed by atoms with Crippen LogP contribution in [0, 0.1) is 5.82 Å². The molecule has 0 saturated carbocycles. The third kappa shape index (κ3) is 3.08. The van der Waals surface area contributed by atoms with E-state index in [0.29, 0.717) is 12.2 Å². The van der Waals surface area contributed by atoms with Crippen LogP contribution in [0.2, 0.25) is 0 Å². The topological polar surface area (TPSA) is 75.3 Å². The van der Waals surface area contributed by atoms with Crippen molar-refractivity contribution in [3.05, 3.63) is 59.4 Å². The summed E-state index contributed by atoms with van der Waals surface area (Å²) in [6, 6.07) is 10.2. The van der Waals surface area contributed by atoms with E-state index in [-0.39, 0.29) is 11.3 Å². The second kappa shape index (κ2) is 5.49. The number of nitrogens with one attached hydrogen (secondary N) is 1. The predicted octanol–water partition coefficient (Wildman–Crippen LogP) is 2.24. The van der Waals surface area contributed by atoms with E-state index < -0.39 is 11.7 Å². The first-order valence-corrected chi connectivity index (χ1v) is 5.69. The van der Waals surface area contributed by atoms with Crippen LogP contribution in [0.1, 0.15) is 15.9 Å². The van der Waals surface area contributed by atoms with E-state index in [2.05, 4.69) is 5.32 Å². The number of hydrogen-bond donors (Lipinski definition) is 3. The number of aromatic hydroxyl groups is 1. The van der Waals surface area contributed by atoms with E-state index >= 15 is 0 Å². The van der Waals surface area contributed by atoms with Gasteiger partial charge in [0.05, 0.1) is 5.56 Å². The van der Waals surface area contributed by atoms with Crippen molar-refractivity contribution in [1.29, 1.82) is 0 Å². The molecule has 0 saturated heterocycles. The Balaban J connectivity index is 2.23. The molecule has 0 aliphatic heterocycles. The minimum absolute atomic E-state index is 0.113. The maximum Gasteiger partial charge on any atom is 0.259 e. The van der Waals surface area contributed by atoms with Crippen LogP contribution in [0.3, 0.4) is 0 Å². The van der Waals surface area contributed by atoms with Gasteiger partial charge in [0.1, 0.15) is 11.6 Å². The average Bonchev–Trinajstić information content (AvgIpc) is 2.41. The second-order valence-corrected chi connectivity index (χ2v) is 4.02. The maximum atomic E-state index is 13.1. The summed E-state index contributed by atoms with van der Waals surface area (Å²) in [4.78, 5) is 11.9. The molecule has 0 bridgehead atoms. The van der Waals surface area contributed by atoms with Crippen molar-refractivity contribution < 1.29 is 14.3 Å². The van der Waals surface area contributed by atoms with Gasteiger partial charge in [-0.2, -0.15) is 0 Å². The van der Waals surface area contributed by atoms with Crippen LogP contribution in [-0.4, -0.2) is 11.0 Å². The lowest BCUT2D eigenvalue weighted by Gasteiger charge is -2.08. The second-order valence-electron chi connectivity index (χ2n) is 4.02. The molecule has 4 nitrogen and oxygen atoms in total. The van der Waals surface area contributed by atoms with Crippen molar-refractivity contribution in [2.45, 2.75) is 6.54 Å². The molecule has 1 amide bonds. The molecule has 0 atom stereocenters. The first kappa shape index (κ1) is 13.0. The lowest BCUT2D eigenvalue weighted by molar-refractivity contribution is 0.102. The van der Waals surface area contributed by atoms with Gasteiger partial charge < -0.3 is 16.2 Å². The third-order valence-corrected chi connectivity index (χ3v) is 2.62. The molecule has 5 heteroatoms. The van der Waals surface area contributed by atoms with Gasteiger partial charge in [0.2, 0.25) is 0 Å². The van der Waals surface area contributed by atoms with Crippen LogP contribution < -0.4 is 11.1 Å². The highest BCUT2D eigenvalue weighted by atomic mass is 19.1. The van der Waals surface area contributed by atoms with E-state index in [4.69, 9.17) is 5.73 Å². The van der Waals surface area contributed by atoms with Crippen molar-refractivity contribution in [3.8, 4) is 5.75 Å². The Morgan fingerprint density at radius 2 is 2.05 bits per heavy atom. The molecule has 19 heavy (non-hydrogen) atoms. The van der Waals surface area contributed by atoms with Gasteiger partial charge in [0.25, 0.3) is 5.91 Å². The van der Waals surface area contributed by atoms with Gasteiger partial charge in [-0.15, -0.1) is 0 Å². The van der Waals surface area contributed by atoms with Gasteiger partial charge in [0.15, 0.2) is 0 Å². The number of amides is 1. The van der Waals surface area contributed by atoms with Crippen molar-refractivity contribution in [2.75, 3.05) is 5.32 Å². The minimum atomic E-state index is -0.585. The molecule has 0 radical (unpaired) electrons. The molecule has 4 N–H and O–H groups in total. The summed E-state index contributed by atoms with van der Waals surface area (Å²) < 4.78 is 13.1. The highest BCUT2D eigenvalue weighted by molar-refractivity contribution is 6.06. The zero-order valence-corrected chi connectivity index (χ0v) is 10.1. The monoisotopic (exact) mass is 260 g/mol. The zero-order valence-electron chi connectivity index (χ0n) is 10.1. The van der Waals surface area contributed by atoms with Crippen LogP contribution in [-0.2, 0) is 6.54 Å². The molecule has 0 unspecified atom stereocenters. The molecule has 98 valence electrons. The molecular formula is C14H13FN2O2. The number of benzene rings is 2. The Bertz CT molecular complexity index is 614. The first-order chi connectivity index (χ1) is 9.10. The summed E-state index contributed by atoms with van der Waals surface area (Å²) in [5.74, 6) is -1.43. The van der Waals surface area contributed by atoms with E-state index in [1.165, 1.54) is 0 Å². The molecule has 2 aromatic carbocycles. The SMILES string of the molecule is NCc1cccc(NC(=O)c2cc(F)ccc2O)c1. The first-order valence-electron chi connectivity index (χ1n) is 5.69. The van der Waals surface area contributed by atoms with E-state index in [9.17, 15) is 14.3 Å². The number of rotatable bonds is 3. The highest BCUT2D eigenvalue weighted by Crippen LogP contribution is 2.20. The van der Waals surface area contributed by atoms with Crippen LogP contribution in [0.4, 0.5) is 10.1 Å². The number of nitrogens with two attached hydrogens (primary N) is 1. The Labute approximate surface area is 109 Å². The van der Waals surface area contributed by atoms with E-state index in [1.54, 1.807) is 18.2 Å². The molecule has 0 fully saturated rings. The Kier molecular flexibility index (Phi) is 3.77. The molecule has 2 rings (SSSR count). The molecule has 0 aliphatic carbocycles. The maximum absolute atomic E-state index is 13.1. The fourth-order valence-corrected chi connectivity index (χ4v) is 1.66. The Morgan fingerprint density at radius 3 is 2.79 bits per heavy atom. The van der Waals surface area contributed by atoms with Crippen molar-refractivity contribution >= 4 is 11.6 Å². The average molecular weight is 260 g/mol. The molecule has 0 heterocycles. The Hall–Kier alpha value is -2.40. The summed E-state index contributed by atoms with van der Waals surface area (Å²) in [6.07, 6.45) is 0. The van der Waals surface area contributed by atoms with Crippen molar-refractivity contribution in [3.63, 3.8) is 0 Å². The lowest BCUT2D eigenvalue weighted by Crippen LogP contribution is -2.12. The summed E-state index contributed by atoms with van der Waals surface area (Å²) in [7, 11) is 0. The number of phenolic OH excluding ortho intramolecular Hbond substituents is 1. The summed E-state index contributed by atoms with van der Waals surface area (Å²) in [6.45, 7) is 0.356. The molecule has 0 spiro atoms. The number of hydrogen-bond acceptors (Lipinski definition) is 3. The molecule has 0 aliphatic rings. The van der Waals surface area contributed by atoms with Crippen LogP contribution in [0.5, 0.6) is 5.75 Å². The zero-order chi connectivity index (χ0) is 13.8. The fourth-order valence-electron chi connectivity index (χ4n) is 1.66. The number of phenols is 1. The summed E-state index contributed by atoms with van der Waals surface area (Å²) in [5, 5.41) is 12.1. The third-order valence-electron chi connectivity index (χ3n) is 2.62. The number of carbonyl (C=O) groups excluding carboxylic acids is 1. The quantitative estimate of drug-likeness (QED) is 0.792. The Morgan fingerprint density at radius 1 is 1.26 bits per heavy atom. The standard InChI is InChI=1S/C14H13FN2O2/c15-10-4-5-13(18)12(7-10)14(19)17-11-3-1-2-9(6-11)8-16/h1-7,18H,8,16H2,(H,17,19). The number of carbonyl (C=O) groups is 1. The van der Waals surface area contributed by atoms with Gasteiger partial charge in [-0.25, -0.2) is 4.39 Å². The van der Waals surface area contributed by atoms with Gasteiger partial charge in [-0.1, -0.05) is 12.1 Å². The van der Waals surface area contributed by atoms with Crippen LogP contribution >= 0.6 is 0 Å². The largest absolute Gasteiger partial charge is 0.507 e. The van der Waals surface area contributed by atoms with Gasteiger partial charge in [0, 0.05) is 12.2 Å².